The average molecular weight is 341 g/mol. The molecular weight excluding hydrogens is 324 g/mol. The van der Waals surface area contributed by atoms with E-state index in [4.69, 9.17) is 0 Å². The third kappa shape index (κ3) is 3.93. The molecule has 0 heterocycles. The van der Waals surface area contributed by atoms with Crippen LogP contribution in [0.3, 0.4) is 0 Å². The summed E-state index contributed by atoms with van der Waals surface area (Å²) in [5.74, 6) is -1.08. The van der Waals surface area contributed by atoms with Crippen molar-refractivity contribution in [1.29, 1.82) is 0 Å². The molecule has 0 spiro atoms. The van der Waals surface area contributed by atoms with Gasteiger partial charge in [0, 0.05) is 11.6 Å². The summed E-state index contributed by atoms with van der Waals surface area (Å²) in [4.78, 5) is -0.185. The van der Waals surface area contributed by atoms with E-state index in [0.29, 0.717) is 5.56 Å². The van der Waals surface area contributed by atoms with Crippen molar-refractivity contribution >= 4 is 10.0 Å². The van der Waals surface area contributed by atoms with Gasteiger partial charge < -0.3 is 5.11 Å². The van der Waals surface area contributed by atoms with E-state index >= 15 is 0 Å². The van der Waals surface area contributed by atoms with Crippen molar-refractivity contribution in [2.75, 3.05) is 0 Å². The fourth-order valence-corrected chi connectivity index (χ4v) is 3.70. The number of sulfonamides is 1. The summed E-state index contributed by atoms with van der Waals surface area (Å²) in [6, 6.07) is 7.98. The first-order chi connectivity index (χ1) is 10.7. The first-order valence-electron chi connectivity index (χ1n) is 6.93. The Kier molecular flexibility index (Phi) is 5.13. The minimum Gasteiger partial charge on any atom is -0.387 e. The summed E-state index contributed by atoms with van der Waals surface area (Å²) in [6.07, 6.45) is -1.17. The highest BCUT2D eigenvalue weighted by Crippen LogP contribution is 2.21. The maximum absolute atomic E-state index is 13.5. The van der Waals surface area contributed by atoms with Crippen LogP contribution in [0.15, 0.2) is 47.4 Å². The lowest BCUT2D eigenvalue weighted by atomic mass is 10.0. The number of aliphatic hydroxyl groups is 1. The summed E-state index contributed by atoms with van der Waals surface area (Å²) < 4.78 is 53.5. The Morgan fingerprint density at radius 2 is 1.70 bits per heavy atom. The molecule has 0 amide bonds. The third-order valence-electron chi connectivity index (χ3n) is 3.53. The van der Waals surface area contributed by atoms with Crippen LogP contribution in [0.5, 0.6) is 0 Å². The number of hydrogen-bond acceptors (Lipinski definition) is 3. The Labute approximate surface area is 133 Å². The minimum atomic E-state index is -4.00. The number of halogens is 2. The molecule has 2 unspecified atom stereocenters. The fraction of sp³-hybridized carbons (Fsp3) is 0.250. The number of rotatable bonds is 5. The van der Waals surface area contributed by atoms with Crippen LogP contribution in [0.1, 0.15) is 24.2 Å². The molecule has 0 bridgehead atoms. The molecule has 2 aromatic carbocycles. The molecule has 0 aliphatic rings. The summed E-state index contributed by atoms with van der Waals surface area (Å²) in [7, 11) is -4.00. The normalized spacial score (nSPS) is 14.5. The zero-order chi connectivity index (χ0) is 17.2. The second kappa shape index (κ2) is 6.74. The molecule has 2 rings (SSSR count). The Morgan fingerprint density at radius 1 is 1.09 bits per heavy atom. The smallest absolute Gasteiger partial charge is 0.241 e. The topological polar surface area (TPSA) is 66.4 Å². The van der Waals surface area contributed by atoms with Gasteiger partial charge in [0.25, 0.3) is 0 Å². The molecule has 0 fully saturated rings. The Bertz CT molecular complexity index is 791. The molecule has 0 aliphatic carbocycles. The van der Waals surface area contributed by atoms with Gasteiger partial charge in [-0.05, 0) is 43.7 Å². The van der Waals surface area contributed by atoms with E-state index in [2.05, 4.69) is 4.72 Å². The van der Waals surface area contributed by atoms with Crippen molar-refractivity contribution in [2.24, 2.45) is 0 Å². The summed E-state index contributed by atoms with van der Waals surface area (Å²) in [5, 5.41) is 10.2. The third-order valence-corrected chi connectivity index (χ3v) is 5.24. The molecule has 124 valence electrons. The fourth-order valence-electron chi connectivity index (χ4n) is 2.20. The molecule has 2 N–H and O–H groups in total. The summed E-state index contributed by atoms with van der Waals surface area (Å²) in [5.41, 5.74) is 0.376. The highest BCUT2D eigenvalue weighted by atomic mass is 32.2. The lowest BCUT2D eigenvalue weighted by Crippen LogP contribution is -2.37. The van der Waals surface area contributed by atoms with Gasteiger partial charge in [-0.2, -0.15) is 0 Å². The van der Waals surface area contributed by atoms with Crippen LogP contribution in [0.2, 0.25) is 0 Å². The molecule has 0 aromatic heterocycles. The second-order valence-corrected chi connectivity index (χ2v) is 6.95. The molecule has 2 atom stereocenters. The van der Waals surface area contributed by atoms with Gasteiger partial charge in [0.1, 0.15) is 11.6 Å². The van der Waals surface area contributed by atoms with Gasteiger partial charge in [-0.15, -0.1) is 0 Å². The SMILES string of the molecule is Cc1c(F)cccc1S(=O)(=O)NC(C)C(O)c1ccc(F)cc1. The van der Waals surface area contributed by atoms with E-state index in [1.54, 1.807) is 0 Å². The van der Waals surface area contributed by atoms with Gasteiger partial charge >= 0.3 is 0 Å². The molecule has 0 aliphatic heterocycles. The van der Waals surface area contributed by atoms with Crippen molar-refractivity contribution in [3.63, 3.8) is 0 Å². The van der Waals surface area contributed by atoms with Gasteiger partial charge in [0.05, 0.1) is 11.0 Å². The van der Waals surface area contributed by atoms with Crippen molar-refractivity contribution in [3.8, 4) is 0 Å². The number of aliphatic hydroxyl groups excluding tert-OH is 1. The van der Waals surface area contributed by atoms with Gasteiger partial charge in [-0.25, -0.2) is 21.9 Å². The van der Waals surface area contributed by atoms with Crippen molar-refractivity contribution in [1.82, 2.24) is 4.72 Å². The number of nitrogens with one attached hydrogen (secondary N) is 1. The van der Waals surface area contributed by atoms with Crippen molar-refractivity contribution in [2.45, 2.75) is 30.9 Å². The van der Waals surface area contributed by atoms with Gasteiger partial charge in [-0.1, -0.05) is 18.2 Å². The Balaban J connectivity index is 2.22. The predicted octanol–water partition coefficient (Wildman–Crippen LogP) is 2.67. The van der Waals surface area contributed by atoms with Crippen LogP contribution < -0.4 is 4.72 Å². The van der Waals surface area contributed by atoms with Gasteiger partial charge in [0.15, 0.2) is 0 Å². The van der Waals surface area contributed by atoms with Crippen LogP contribution in [0.25, 0.3) is 0 Å². The molecule has 0 saturated heterocycles. The zero-order valence-electron chi connectivity index (χ0n) is 12.6. The van der Waals surface area contributed by atoms with Crippen LogP contribution in [0, 0.1) is 18.6 Å². The van der Waals surface area contributed by atoms with Crippen LogP contribution in [-0.2, 0) is 10.0 Å². The molecule has 23 heavy (non-hydrogen) atoms. The first-order valence-corrected chi connectivity index (χ1v) is 8.41. The van der Waals surface area contributed by atoms with Crippen LogP contribution in [0.4, 0.5) is 8.78 Å². The van der Waals surface area contributed by atoms with Crippen LogP contribution >= 0.6 is 0 Å². The van der Waals surface area contributed by atoms with E-state index < -0.39 is 33.8 Å². The summed E-state index contributed by atoms with van der Waals surface area (Å²) >= 11 is 0. The van der Waals surface area contributed by atoms with Crippen LogP contribution in [-0.4, -0.2) is 19.6 Å². The van der Waals surface area contributed by atoms with Crippen molar-refractivity contribution in [3.05, 3.63) is 65.2 Å². The molecule has 0 saturated carbocycles. The van der Waals surface area contributed by atoms with E-state index in [1.165, 1.54) is 56.3 Å². The lowest BCUT2D eigenvalue weighted by Gasteiger charge is -2.21. The maximum Gasteiger partial charge on any atom is 0.241 e. The lowest BCUT2D eigenvalue weighted by molar-refractivity contribution is 0.146. The highest BCUT2D eigenvalue weighted by molar-refractivity contribution is 7.89. The van der Waals surface area contributed by atoms with Crippen molar-refractivity contribution < 1.29 is 22.3 Å². The van der Waals surface area contributed by atoms with E-state index in [-0.39, 0.29) is 10.5 Å². The number of benzene rings is 2. The van der Waals surface area contributed by atoms with E-state index in [0.717, 1.165) is 0 Å². The maximum atomic E-state index is 13.5. The zero-order valence-corrected chi connectivity index (χ0v) is 13.4. The minimum absolute atomic E-state index is 0.00321. The summed E-state index contributed by atoms with van der Waals surface area (Å²) in [6.45, 7) is 2.84. The Morgan fingerprint density at radius 3 is 2.30 bits per heavy atom. The Hall–Kier alpha value is -1.83. The van der Waals surface area contributed by atoms with Gasteiger partial charge in [0.2, 0.25) is 10.0 Å². The molecule has 0 radical (unpaired) electrons. The highest BCUT2D eigenvalue weighted by Gasteiger charge is 2.25. The largest absolute Gasteiger partial charge is 0.387 e. The predicted molar refractivity (Wildman–Crippen MR) is 82.3 cm³/mol. The van der Waals surface area contributed by atoms with Gasteiger partial charge in [-0.3, -0.25) is 0 Å². The number of hydrogen-bond donors (Lipinski definition) is 2. The molecule has 2 aromatic rings. The monoisotopic (exact) mass is 341 g/mol. The van der Waals surface area contributed by atoms with E-state index in [1.807, 2.05) is 0 Å². The molecule has 4 nitrogen and oxygen atoms in total. The first kappa shape index (κ1) is 17.5. The second-order valence-electron chi connectivity index (χ2n) is 5.27. The average Bonchev–Trinajstić information content (AvgIpc) is 2.49. The quantitative estimate of drug-likeness (QED) is 0.879. The van der Waals surface area contributed by atoms with E-state index in [9.17, 15) is 22.3 Å². The standard InChI is InChI=1S/C16H17F2NO3S/c1-10-14(18)4-3-5-15(10)23(21,22)19-11(2)16(20)12-6-8-13(17)9-7-12/h3-9,11,16,19-20H,1-2H3. The molecular formula is C16H17F2NO3S. The molecule has 7 heteroatoms.